The summed E-state index contributed by atoms with van der Waals surface area (Å²) in [5, 5.41) is 6.03. The zero-order valence-corrected chi connectivity index (χ0v) is 15.0. The van der Waals surface area contributed by atoms with Crippen LogP contribution >= 0.6 is 0 Å². The zero-order valence-electron chi connectivity index (χ0n) is 15.0. The van der Waals surface area contributed by atoms with Gasteiger partial charge in [-0.25, -0.2) is 0 Å². The molecule has 26 heavy (non-hydrogen) atoms. The van der Waals surface area contributed by atoms with Gasteiger partial charge in [0.25, 0.3) is 5.91 Å². The number of carbonyl (C=O) groups is 2. The molecule has 1 aliphatic carbocycles. The summed E-state index contributed by atoms with van der Waals surface area (Å²) in [6.45, 7) is 1.90. The number of hydrogen-bond acceptors (Lipinski definition) is 4. The molecule has 0 aromatic heterocycles. The molecule has 3 aliphatic rings. The summed E-state index contributed by atoms with van der Waals surface area (Å²) in [5.74, 6) is 0.686. The summed E-state index contributed by atoms with van der Waals surface area (Å²) in [6, 6.07) is 7.36. The van der Waals surface area contributed by atoms with Gasteiger partial charge in [-0.05, 0) is 50.7 Å². The van der Waals surface area contributed by atoms with Gasteiger partial charge in [-0.2, -0.15) is 0 Å². The van der Waals surface area contributed by atoms with Crippen LogP contribution in [0.15, 0.2) is 24.3 Å². The molecule has 1 saturated carbocycles. The van der Waals surface area contributed by atoms with E-state index >= 15 is 0 Å². The lowest BCUT2D eigenvalue weighted by atomic mass is 9.78. The maximum absolute atomic E-state index is 12.5. The van der Waals surface area contributed by atoms with E-state index in [-0.39, 0.29) is 23.8 Å². The Balaban J connectivity index is 1.35. The van der Waals surface area contributed by atoms with Crippen molar-refractivity contribution in [1.82, 2.24) is 10.6 Å². The summed E-state index contributed by atoms with van der Waals surface area (Å²) in [6.07, 6.45) is 5.35. The number of ether oxygens (including phenoxy) is 2. The average Bonchev–Trinajstić information content (AvgIpc) is 3.14. The lowest BCUT2D eigenvalue weighted by Gasteiger charge is -2.39. The van der Waals surface area contributed by atoms with Crippen molar-refractivity contribution >= 4 is 11.8 Å². The predicted octanol–water partition coefficient (Wildman–Crippen LogP) is 2.03. The Kier molecular flexibility index (Phi) is 4.85. The van der Waals surface area contributed by atoms with Gasteiger partial charge in [0.05, 0.1) is 18.2 Å². The van der Waals surface area contributed by atoms with Gasteiger partial charge in [0.2, 0.25) is 5.91 Å². The van der Waals surface area contributed by atoms with Crippen LogP contribution in [0.3, 0.4) is 0 Å². The normalized spacial score (nSPS) is 30.8. The topological polar surface area (TPSA) is 76.7 Å². The lowest BCUT2D eigenvalue weighted by molar-refractivity contribution is -0.127. The number of hydrogen-bond donors (Lipinski definition) is 2. The molecule has 1 aromatic rings. The van der Waals surface area contributed by atoms with Crippen LogP contribution in [0.5, 0.6) is 5.75 Å². The molecular formula is C20H26N2O4. The second-order valence-electron chi connectivity index (χ2n) is 7.62. The molecule has 1 saturated heterocycles. The first kappa shape index (κ1) is 17.3. The lowest BCUT2D eigenvalue weighted by Crippen LogP contribution is -2.49. The fourth-order valence-electron chi connectivity index (χ4n) is 4.20. The number of amides is 2. The van der Waals surface area contributed by atoms with E-state index in [0.29, 0.717) is 24.4 Å². The van der Waals surface area contributed by atoms with E-state index in [4.69, 9.17) is 9.47 Å². The number of benzene rings is 1. The van der Waals surface area contributed by atoms with Crippen molar-refractivity contribution in [2.45, 2.75) is 50.2 Å². The highest BCUT2D eigenvalue weighted by Gasteiger charge is 2.41. The minimum absolute atomic E-state index is 0.0137. The number of nitrogens with one attached hydrogen (secondary N) is 2. The molecule has 2 fully saturated rings. The molecule has 140 valence electrons. The molecule has 0 bridgehead atoms. The summed E-state index contributed by atoms with van der Waals surface area (Å²) in [4.78, 5) is 24.7. The molecule has 1 atom stereocenters. The fraction of sp³-hybridized carbons (Fsp3) is 0.600. The first-order chi connectivity index (χ1) is 12.7. The largest absolute Gasteiger partial charge is 0.485 e. The maximum atomic E-state index is 12.5. The zero-order chi connectivity index (χ0) is 18.0. The first-order valence-corrected chi connectivity index (χ1v) is 9.61. The minimum atomic E-state index is -0.409. The Morgan fingerprint density at radius 3 is 2.81 bits per heavy atom. The molecular weight excluding hydrogens is 332 g/mol. The third-order valence-corrected chi connectivity index (χ3v) is 5.82. The van der Waals surface area contributed by atoms with Crippen LogP contribution in [0.25, 0.3) is 0 Å². The SMILES string of the molecule is O=C1NCC2(CCC(C(=O)NC[C@H]3CCCO3)CC2)Oc2ccccc21. The second kappa shape index (κ2) is 7.27. The van der Waals surface area contributed by atoms with E-state index in [1.165, 1.54) is 0 Å². The number of fused-ring (bicyclic) bond motifs is 1. The molecule has 2 aliphatic heterocycles. The highest BCUT2D eigenvalue weighted by Crippen LogP contribution is 2.38. The Bertz CT molecular complexity index is 676. The Morgan fingerprint density at radius 2 is 2.04 bits per heavy atom. The van der Waals surface area contributed by atoms with Gasteiger partial charge in [0.15, 0.2) is 0 Å². The van der Waals surface area contributed by atoms with Crippen molar-refractivity contribution in [1.29, 1.82) is 0 Å². The van der Waals surface area contributed by atoms with Gasteiger partial charge >= 0.3 is 0 Å². The van der Waals surface area contributed by atoms with E-state index in [1.54, 1.807) is 6.07 Å². The van der Waals surface area contributed by atoms with Gasteiger partial charge in [0, 0.05) is 19.1 Å². The molecule has 2 heterocycles. The van der Waals surface area contributed by atoms with Crippen LogP contribution in [-0.4, -0.2) is 43.2 Å². The molecule has 0 radical (unpaired) electrons. The average molecular weight is 358 g/mol. The van der Waals surface area contributed by atoms with Gasteiger partial charge in [-0.3, -0.25) is 9.59 Å². The van der Waals surface area contributed by atoms with Gasteiger partial charge in [-0.15, -0.1) is 0 Å². The highest BCUT2D eigenvalue weighted by atomic mass is 16.5. The van der Waals surface area contributed by atoms with Crippen LogP contribution in [0, 0.1) is 5.92 Å². The smallest absolute Gasteiger partial charge is 0.255 e. The van der Waals surface area contributed by atoms with Crippen molar-refractivity contribution in [3.63, 3.8) is 0 Å². The second-order valence-corrected chi connectivity index (χ2v) is 7.62. The van der Waals surface area contributed by atoms with E-state index in [9.17, 15) is 9.59 Å². The summed E-state index contributed by atoms with van der Waals surface area (Å²) >= 11 is 0. The molecule has 1 spiro atoms. The molecule has 1 aromatic carbocycles. The summed E-state index contributed by atoms with van der Waals surface area (Å²) < 4.78 is 11.9. The molecule has 4 rings (SSSR count). The monoisotopic (exact) mass is 358 g/mol. The van der Waals surface area contributed by atoms with Gasteiger partial charge in [-0.1, -0.05) is 12.1 Å². The maximum Gasteiger partial charge on any atom is 0.255 e. The Labute approximate surface area is 153 Å². The molecule has 6 nitrogen and oxygen atoms in total. The first-order valence-electron chi connectivity index (χ1n) is 9.61. The Hall–Kier alpha value is -2.08. The Morgan fingerprint density at radius 1 is 1.23 bits per heavy atom. The molecule has 6 heteroatoms. The molecule has 0 unspecified atom stereocenters. The van der Waals surface area contributed by atoms with Crippen LogP contribution in [0.2, 0.25) is 0 Å². The quantitative estimate of drug-likeness (QED) is 0.867. The molecule has 2 N–H and O–H groups in total. The van der Waals surface area contributed by atoms with Crippen LogP contribution < -0.4 is 15.4 Å². The van der Waals surface area contributed by atoms with Gasteiger partial charge < -0.3 is 20.1 Å². The van der Waals surface area contributed by atoms with Crippen molar-refractivity contribution < 1.29 is 19.1 Å². The summed E-state index contributed by atoms with van der Waals surface area (Å²) in [5.41, 5.74) is 0.175. The van der Waals surface area contributed by atoms with E-state index in [1.807, 2.05) is 18.2 Å². The van der Waals surface area contributed by atoms with Crippen molar-refractivity contribution in [2.75, 3.05) is 19.7 Å². The standard InChI is InChI=1S/C20H26N2O4/c23-18(21-12-15-4-3-11-25-15)14-7-9-20(10-8-14)13-22-19(24)16-5-1-2-6-17(16)26-20/h1-2,5-6,14-15H,3-4,7-13H2,(H,21,23)(H,22,24)/t14?,15-,20?/m1/s1. The third kappa shape index (κ3) is 3.56. The van der Waals surface area contributed by atoms with Crippen molar-refractivity contribution in [3.8, 4) is 5.75 Å². The van der Waals surface area contributed by atoms with Crippen molar-refractivity contribution in [2.24, 2.45) is 5.92 Å². The van der Waals surface area contributed by atoms with E-state index in [0.717, 1.165) is 45.1 Å². The molecule has 2 amide bonds. The van der Waals surface area contributed by atoms with E-state index < -0.39 is 5.60 Å². The highest BCUT2D eigenvalue weighted by molar-refractivity contribution is 5.97. The predicted molar refractivity (Wildman–Crippen MR) is 96.1 cm³/mol. The van der Waals surface area contributed by atoms with E-state index in [2.05, 4.69) is 10.6 Å². The van der Waals surface area contributed by atoms with Crippen molar-refractivity contribution in [3.05, 3.63) is 29.8 Å². The number of carbonyl (C=O) groups excluding carboxylic acids is 2. The number of para-hydroxylation sites is 1. The van der Waals surface area contributed by atoms with Crippen LogP contribution in [-0.2, 0) is 9.53 Å². The van der Waals surface area contributed by atoms with Crippen LogP contribution in [0.1, 0.15) is 48.9 Å². The number of rotatable bonds is 3. The van der Waals surface area contributed by atoms with Crippen LogP contribution in [0.4, 0.5) is 0 Å². The fourth-order valence-corrected chi connectivity index (χ4v) is 4.20. The summed E-state index contributed by atoms with van der Waals surface area (Å²) in [7, 11) is 0. The third-order valence-electron chi connectivity index (χ3n) is 5.82. The van der Waals surface area contributed by atoms with Gasteiger partial charge in [0.1, 0.15) is 11.4 Å². The minimum Gasteiger partial charge on any atom is -0.485 e.